The van der Waals surface area contributed by atoms with Gasteiger partial charge in [0.15, 0.2) is 0 Å². The number of allylic oxidation sites excluding steroid dienone is 1. The van der Waals surface area contributed by atoms with E-state index in [9.17, 15) is 4.39 Å². The van der Waals surface area contributed by atoms with Crippen LogP contribution in [0.4, 0.5) is 4.39 Å². The van der Waals surface area contributed by atoms with Crippen molar-refractivity contribution in [3.8, 4) is 0 Å². The quantitative estimate of drug-likeness (QED) is 0.716. The second-order valence-corrected chi connectivity index (χ2v) is 4.53. The zero-order chi connectivity index (χ0) is 13.0. The van der Waals surface area contributed by atoms with Crippen molar-refractivity contribution in [2.75, 3.05) is 0 Å². The normalized spacial score (nSPS) is 11.6. The summed E-state index contributed by atoms with van der Waals surface area (Å²) < 4.78 is 12.9. The average molecular weight is 281 g/mol. The lowest BCUT2D eigenvalue weighted by molar-refractivity contribution is 0.627. The number of hydrogen-bond acceptors (Lipinski definition) is 0. The van der Waals surface area contributed by atoms with Gasteiger partial charge in [-0.15, -0.1) is 0 Å². The van der Waals surface area contributed by atoms with Gasteiger partial charge >= 0.3 is 0 Å². The summed E-state index contributed by atoms with van der Waals surface area (Å²) in [5, 5.41) is 0.704. The van der Waals surface area contributed by atoms with Crippen LogP contribution in [0.15, 0.2) is 54.1 Å². The molecule has 0 unspecified atom stereocenters. The second kappa shape index (κ2) is 6.03. The van der Waals surface area contributed by atoms with E-state index in [1.165, 1.54) is 17.7 Å². The first kappa shape index (κ1) is 13.1. The molecule has 0 bridgehead atoms. The lowest BCUT2D eigenvalue weighted by Gasteiger charge is -2.08. The summed E-state index contributed by atoms with van der Waals surface area (Å²) in [5.74, 6) is -0.259. The summed E-state index contributed by atoms with van der Waals surface area (Å²) in [6.07, 6.45) is 0.620. The van der Waals surface area contributed by atoms with Crippen LogP contribution in [0.5, 0.6) is 0 Å². The molecular weight excluding hydrogens is 270 g/mol. The van der Waals surface area contributed by atoms with E-state index in [1.807, 2.05) is 24.3 Å². The van der Waals surface area contributed by atoms with Crippen LogP contribution in [0.2, 0.25) is 5.02 Å². The van der Waals surface area contributed by atoms with E-state index in [1.54, 1.807) is 12.1 Å². The van der Waals surface area contributed by atoms with Gasteiger partial charge in [-0.05, 0) is 34.9 Å². The third kappa shape index (κ3) is 3.12. The number of rotatable bonds is 3. The molecule has 0 saturated carbocycles. The lowest BCUT2D eigenvalue weighted by atomic mass is 10.00. The minimum absolute atomic E-state index is 0.259. The molecular formula is C15H11Cl2F. The maximum absolute atomic E-state index is 12.9. The molecule has 0 aliphatic rings. The van der Waals surface area contributed by atoms with Gasteiger partial charge in [0.2, 0.25) is 0 Å². The summed E-state index contributed by atoms with van der Waals surface area (Å²) in [7, 11) is 0. The predicted molar refractivity (Wildman–Crippen MR) is 75.4 cm³/mol. The van der Waals surface area contributed by atoms with Gasteiger partial charge in [-0.25, -0.2) is 4.39 Å². The van der Waals surface area contributed by atoms with E-state index < -0.39 is 0 Å². The van der Waals surface area contributed by atoms with Crippen molar-refractivity contribution in [3.05, 3.63) is 76.0 Å². The van der Waals surface area contributed by atoms with Gasteiger partial charge in [-0.2, -0.15) is 0 Å². The highest BCUT2D eigenvalue weighted by molar-refractivity contribution is 6.31. The van der Waals surface area contributed by atoms with Gasteiger partial charge < -0.3 is 0 Å². The smallest absolute Gasteiger partial charge is 0.123 e. The van der Waals surface area contributed by atoms with Crippen molar-refractivity contribution in [1.29, 1.82) is 0 Å². The van der Waals surface area contributed by atoms with Gasteiger partial charge in [0, 0.05) is 17.0 Å². The maximum atomic E-state index is 12.9. The minimum atomic E-state index is -0.259. The SMILES string of the molecule is Fc1ccc(/C(=C/Cl)Cc2ccccc2Cl)cc1. The van der Waals surface area contributed by atoms with Crippen LogP contribution >= 0.6 is 23.2 Å². The largest absolute Gasteiger partial charge is 0.207 e. The molecule has 2 rings (SSSR count). The van der Waals surface area contributed by atoms with Crippen molar-refractivity contribution in [2.24, 2.45) is 0 Å². The Kier molecular flexibility index (Phi) is 4.40. The van der Waals surface area contributed by atoms with Crippen LogP contribution < -0.4 is 0 Å². The van der Waals surface area contributed by atoms with E-state index in [4.69, 9.17) is 23.2 Å². The third-order valence-electron chi connectivity index (χ3n) is 2.69. The van der Waals surface area contributed by atoms with Gasteiger partial charge in [0.25, 0.3) is 0 Å². The molecule has 2 aromatic carbocycles. The molecule has 0 aromatic heterocycles. The zero-order valence-corrected chi connectivity index (χ0v) is 11.0. The molecule has 3 heteroatoms. The van der Waals surface area contributed by atoms with Crippen LogP contribution in [0.1, 0.15) is 11.1 Å². The standard InChI is InChI=1S/C15H11Cl2F/c16-10-13(11-5-7-14(18)8-6-11)9-12-3-1-2-4-15(12)17/h1-8,10H,9H2/b13-10+. The third-order valence-corrected chi connectivity index (χ3v) is 3.32. The van der Waals surface area contributed by atoms with Crippen LogP contribution in [0, 0.1) is 5.82 Å². The Labute approximate surface area is 116 Å². The van der Waals surface area contributed by atoms with Gasteiger partial charge in [0.05, 0.1) is 0 Å². The zero-order valence-electron chi connectivity index (χ0n) is 9.54. The molecule has 18 heavy (non-hydrogen) atoms. The molecule has 0 radical (unpaired) electrons. The average Bonchev–Trinajstić information content (AvgIpc) is 2.39. The van der Waals surface area contributed by atoms with Crippen LogP contribution in [-0.2, 0) is 6.42 Å². The molecule has 0 aliphatic carbocycles. The Morgan fingerprint density at radius 2 is 1.72 bits per heavy atom. The highest BCUT2D eigenvalue weighted by Gasteiger charge is 2.06. The molecule has 0 nitrogen and oxygen atoms in total. The predicted octanol–water partition coefficient (Wildman–Crippen LogP) is 5.30. The molecule has 0 amide bonds. The molecule has 0 aliphatic heterocycles. The van der Waals surface area contributed by atoms with Gasteiger partial charge in [0.1, 0.15) is 5.82 Å². The number of halogens is 3. The van der Waals surface area contributed by atoms with Crippen molar-refractivity contribution in [3.63, 3.8) is 0 Å². The fourth-order valence-corrected chi connectivity index (χ4v) is 2.12. The van der Waals surface area contributed by atoms with Crippen LogP contribution in [0.3, 0.4) is 0 Å². The maximum Gasteiger partial charge on any atom is 0.123 e. The van der Waals surface area contributed by atoms with Crippen LogP contribution in [0.25, 0.3) is 5.57 Å². The van der Waals surface area contributed by atoms with Gasteiger partial charge in [-0.1, -0.05) is 53.5 Å². The Morgan fingerprint density at radius 3 is 2.33 bits per heavy atom. The highest BCUT2D eigenvalue weighted by atomic mass is 35.5. The van der Waals surface area contributed by atoms with Crippen molar-refractivity contribution in [1.82, 2.24) is 0 Å². The van der Waals surface area contributed by atoms with E-state index in [0.29, 0.717) is 11.4 Å². The van der Waals surface area contributed by atoms with E-state index in [2.05, 4.69) is 0 Å². The minimum Gasteiger partial charge on any atom is -0.207 e. The first-order valence-corrected chi connectivity index (χ1v) is 6.31. The Morgan fingerprint density at radius 1 is 1.06 bits per heavy atom. The first-order valence-electron chi connectivity index (χ1n) is 5.49. The van der Waals surface area contributed by atoms with E-state index in [-0.39, 0.29) is 5.82 Å². The Balaban J connectivity index is 2.26. The van der Waals surface area contributed by atoms with Crippen molar-refractivity contribution >= 4 is 28.8 Å². The van der Waals surface area contributed by atoms with E-state index >= 15 is 0 Å². The van der Waals surface area contributed by atoms with Gasteiger partial charge in [-0.3, -0.25) is 0 Å². The molecule has 0 N–H and O–H groups in total. The molecule has 0 atom stereocenters. The van der Waals surface area contributed by atoms with Crippen molar-refractivity contribution in [2.45, 2.75) is 6.42 Å². The summed E-state index contributed by atoms with van der Waals surface area (Å²) in [5.41, 5.74) is 4.31. The van der Waals surface area contributed by atoms with Crippen molar-refractivity contribution < 1.29 is 4.39 Å². The second-order valence-electron chi connectivity index (χ2n) is 3.91. The topological polar surface area (TPSA) is 0 Å². The molecule has 0 saturated heterocycles. The summed E-state index contributed by atoms with van der Waals surface area (Å²) >= 11 is 12.0. The Hall–Kier alpha value is -1.31. The van der Waals surface area contributed by atoms with Crippen LogP contribution in [-0.4, -0.2) is 0 Å². The summed E-state index contributed by atoms with van der Waals surface area (Å²) in [4.78, 5) is 0. The summed E-state index contributed by atoms with van der Waals surface area (Å²) in [6, 6.07) is 13.9. The molecule has 0 fully saturated rings. The number of benzene rings is 2. The fourth-order valence-electron chi connectivity index (χ4n) is 1.71. The lowest BCUT2D eigenvalue weighted by Crippen LogP contribution is -1.91. The molecule has 92 valence electrons. The fraction of sp³-hybridized carbons (Fsp3) is 0.0667. The molecule has 2 aromatic rings. The summed E-state index contributed by atoms with van der Waals surface area (Å²) in [6.45, 7) is 0. The van der Waals surface area contributed by atoms with E-state index in [0.717, 1.165) is 16.7 Å². The molecule has 0 spiro atoms. The molecule has 0 heterocycles. The number of hydrogen-bond donors (Lipinski definition) is 0. The Bertz CT molecular complexity index is 559. The monoisotopic (exact) mass is 280 g/mol. The highest BCUT2D eigenvalue weighted by Crippen LogP contribution is 2.25. The first-order chi connectivity index (χ1) is 8.70.